The van der Waals surface area contributed by atoms with Gasteiger partial charge in [-0.25, -0.2) is 0 Å². The predicted molar refractivity (Wildman–Crippen MR) is 75.1 cm³/mol. The summed E-state index contributed by atoms with van der Waals surface area (Å²) in [7, 11) is 1.63. The van der Waals surface area contributed by atoms with Gasteiger partial charge >= 0.3 is 0 Å². The Morgan fingerprint density at radius 1 is 1.00 bits per heavy atom. The molecule has 0 atom stereocenters. The molecular weight excluding hydrogens is 222 g/mol. The number of nitrogens with zero attached hydrogens (tertiary/aromatic N) is 1. The van der Waals surface area contributed by atoms with E-state index in [1.54, 1.807) is 7.11 Å². The maximum absolute atomic E-state index is 9.30. The van der Waals surface area contributed by atoms with Crippen LogP contribution in [0, 0.1) is 11.3 Å². The molecular formula is C16H23NO. The van der Waals surface area contributed by atoms with Gasteiger partial charge in [0.05, 0.1) is 12.7 Å². The number of hydrogen-bond donors (Lipinski definition) is 0. The summed E-state index contributed by atoms with van der Waals surface area (Å²) in [6.07, 6.45) is 0. The summed E-state index contributed by atoms with van der Waals surface area (Å²) in [6.45, 7) is 12.9. The first-order valence-electron chi connectivity index (χ1n) is 6.24. The number of ether oxygens (including phenoxy) is 1. The van der Waals surface area contributed by atoms with Crippen molar-refractivity contribution >= 4 is 0 Å². The van der Waals surface area contributed by atoms with Crippen molar-refractivity contribution in [3.8, 4) is 11.8 Å². The van der Waals surface area contributed by atoms with Crippen LogP contribution in [0.5, 0.6) is 5.75 Å². The van der Waals surface area contributed by atoms with Gasteiger partial charge in [0.25, 0.3) is 0 Å². The highest BCUT2D eigenvalue weighted by molar-refractivity contribution is 5.54. The van der Waals surface area contributed by atoms with Crippen molar-refractivity contribution in [1.82, 2.24) is 0 Å². The van der Waals surface area contributed by atoms with Crippen molar-refractivity contribution in [2.45, 2.75) is 52.4 Å². The topological polar surface area (TPSA) is 33.0 Å². The summed E-state index contributed by atoms with van der Waals surface area (Å²) >= 11 is 0. The first-order chi connectivity index (χ1) is 8.11. The van der Waals surface area contributed by atoms with Crippen LogP contribution in [0.15, 0.2) is 12.1 Å². The minimum atomic E-state index is -0.0434. The number of rotatable bonds is 1. The van der Waals surface area contributed by atoms with Crippen LogP contribution in [0.4, 0.5) is 0 Å². The van der Waals surface area contributed by atoms with Crippen molar-refractivity contribution in [2.75, 3.05) is 7.11 Å². The van der Waals surface area contributed by atoms with Crippen molar-refractivity contribution < 1.29 is 4.74 Å². The van der Waals surface area contributed by atoms with E-state index in [1.165, 1.54) is 5.56 Å². The third-order valence-electron chi connectivity index (χ3n) is 3.09. The van der Waals surface area contributed by atoms with Crippen molar-refractivity contribution in [2.24, 2.45) is 0 Å². The van der Waals surface area contributed by atoms with Gasteiger partial charge in [0, 0.05) is 5.56 Å². The summed E-state index contributed by atoms with van der Waals surface area (Å²) in [5.41, 5.74) is 2.87. The standard InChI is InChI=1S/C16H23NO/c1-15(2,3)12-8-11(10-17)14(18-7)13(9-12)16(4,5)6/h8-9H,1-7H3. The summed E-state index contributed by atoms with van der Waals surface area (Å²) in [6, 6.07) is 6.35. The molecule has 0 fully saturated rings. The van der Waals surface area contributed by atoms with Gasteiger partial charge in [0.1, 0.15) is 11.8 Å². The molecule has 0 heterocycles. The molecule has 0 aliphatic carbocycles. The van der Waals surface area contributed by atoms with Crippen LogP contribution in [0.25, 0.3) is 0 Å². The second-order valence-corrected chi connectivity index (χ2v) is 6.72. The molecule has 18 heavy (non-hydrogen) atoms. The van der Waals surface area contributed by atoms with E-state index in [9.17, 15) is 5.26 Å². The van der Waals surface area contributed by atoms with Crippen LogP contribution in [0.2, 0.25) is 0 Å². The van der Waals surface area contributed by atoms with Gasteiger partial charge in [-0.3, -0.25) is 0 Å². The number of methoxy groups -OCH3 is 1. The van der Waals surface area contributed by atoms with Crippen molar-refractivity contribution in [3.63, 3.8) is 0 Å². The van der Waals surface area contributed by atoms with Gasteiger partial charge < -0.3 is 4.74 Å². The summed E-state index contributed by atoms with van der Waals surface area (Å²) in [4.78, 5) is 0. The van der Waals surface area contributed by atoms with Crippen LogP contribution >= 0.6 is 0 Å². The van der Waals surface area contributed by atoms with E-state index in [0.717, 1.165) is 5.56 Å². The maximum atomic E-state index is 9.30. The monoisotopic (exact) mass is 245 g/mol. The van der Waals surface area contributed by atoms with Crippen LogP contribution < -0.4 is 4.74 Å². The Morgan fingerprint density at radius 2 is 1.56 bits per heavy atom. The molecule has 1 aromatic carbocycles. The summed E-state index contributed by atoms with van der Waals surface area (Å²) < 4.78 is 5.44. The molecule has 0 spiro atoms. The van der Waals surface area contributed by atoms with E-state index in [0.29, 0.717) is 11.3 Å². The molecule has 0 saturated carbocycles. The number of nitriles is 1. The number of benzene rings is 1. The van der Waals surface area contributed by atoms with E-state index in [4.69, 9.17) is 4.74 Å². The molecule has 0 bridgehead atoms. The SMILES string of the molecule is COc1c(C#N)cc(C(C)(C)C)cc1C(C)(C)C. The lowest BCUT2D eigenvalue weighted by Gasteiger charge is -2.27. The largest absolute Gasteiger partial charge is 0.495 e. The van der Waals surface area contributed by atoms with Crippen LogP contribution in [-0.2, 0) is 10.8 Å². The first kappa shape index (κ1) is 14.6. The Labute approximate surface area is 111 Å². The van der Waals surface area contributed by atoms with Crippen LogP contribution in [0.3, 0.4) is 0 Å². The van der Waals surface area contributed by atoms with Crippen molar-refractivity contribution in [3.05, 3.63) is 28.8 Å². The zero-order chi connectivity index (χ0) is 14.1. The molecule has 1 rings (SSSR count). The molecule has 1 aromatic rings. The van der Waals surface area contributed by atoms with E-state index in [2.05, 4.69) is 53.7 Å². The van der Waals surface area contributed by atoms with Gasteiger partial charge in [-0.1, -0.05) is 47.6 Å². The fourth-order valence-electron chi connectivity index (χ4n) is 1.92. The van der Waals surface area contributed by atoms with E-state index < -0.39 is 0 Å². The fourth-order valence-corrected chi connectivity index (χ4v) is 1.92. The summed E-state index contributed by atoms with van der Waals surface area (Å²) in [5, 5.41) is 9.30. The second kappa shape index (κ2) is 4.65. The molecule has 0 radical (unpaired) electrons. The zero-order valence-electron chi connectivity index (χ0n) is 12.5. The van der Waals surface area contributed by atoms with E-state index >= 15 is 0 Å². The van der Waals surface area contributed by atoms with Gasteiger partial charge in [-0.15, -0.1) is 0 Å². The Morgan fingerprint density at radius 3 is 1.89 bits per heavy atom. The predicted octanol–water partition coefficient (Wildman–Crippen LogP) is 4.16. The van der Waals surface area contributed by atoms with Crippen LogP contribution in [0.1, 0.15) is 58.2 Å². The molecule has 0 aliphatic heterocycles. The quantitative estimate of drug-likeness (QED) is 0.744. The first-order valence-corrected chi connectivity index (χ1v) is 6.24. The van der Waals surface area contributed by atoms with Gasteiger partial charge in [0.15, 0.2) is 0 Å². The highest BCUT2D eigenvalue weighted by Gasteiger charge is 2.25. The van der Waals surface area contributed by atoms with Gasteiger partial charge in [-0.05, 0) is 22.5 Å². The number of hydrogen-bond acceptors (Lipinski definition) is 2. The van der Waals surface area contributed by atoms with E-state index in [1.807, 2.05) is 6.07 Å². The molecule has 2 nitrogen and oxygen atoms in total. The molecule has 0 saturated heterocycles. The Bertz CT molecular complexity index is 482. The molecule has 0 amide bonds. The summed E-state index contributed by atoms with van der Waals surface area (Å²) in [5.74, 6) is 0.706. The van der Waals surface area contributed by atoms with Gasteiger partial charge in [-0.2, -0.15) is 5.26 Å². The highest BCUT2D eigenvalue weighted by atomic mass is 16.5. The van der Waals surface area contributed by atoms with Gasteiger partial charge in [0.2, 0.25) is 0 Å². The smallest absolute Gasteiger partial charge is 0.140 e. The highest BCUT2D eigenvalue weighted by Crippen LogP contribution is 2.37. The fraction of sp³-hybridized carbons (Fsp3) is 0.562. The average molecular weight is 245 g/mol. The molecule has 2 heteroatoms. The molecule has 98 valence electrons. The zero-order valence-corrected chi connectivity index (χ0v) is 12.5. The lowest BCUT2D eigenvalue weighted by atomic mass is 9.79. The minimum Gasteiger partial charge on any atom is -0.495 e. The average Bonchev–Trinajstić information content (AvgIpc) is 2.24. The second-order valence-electron chi connectivity index (χ2n) is 6.72. The lowest BCUT2D eigenvalue weighted by Crippen LogP contribution is -2.18. The van der Waals surface area contributed by atoms with E-state index in [-0.39, 0.29) is 10.8 Å². The molecule has 0 aliphatic rings. The van der Waals surface area contributed by atoms with Crippen LogP contribution in [-0.4, -0.2) is 7.11 Å². The molecule has 0 aromatic heterocycles. The lowest BCUT2D eigenvalue weighted by molar-refractivity contribution is 0.395. The van der Waals surface area contributed by atoms with Crippen molar-refractivity contribution in [1.29, 1.82) is 5.26 Å². The third kappa shape index (κ3) is 2.85. The maximum Gasteiger partial charge on any atom is 0.140 e. The third-order valence-corrected chi connectivity index (χ3v) is 3.09. The molecule has 0 unspecified atom stereocenters. The Hall–Kier alpha value is -1.49. The normalized spacial score (nSPS) is 12.1. The Balaban J connectivity index is 3.63. The minimum absolute atomic E-state index is 0.0257. The Kier molecular flexibility index (Phi) is 3.76. The molecule has 0 N–H and O–H groups in total.